The van der Waals surface area contributed by atoms with E-state index in [1.165, 1.54) is 11.8 Å². The second-order valence-electron chi connectivity index (χ2n) is 4.21. The van der Waals surface area contributed by atoms with Crippen LogP contribution in [-0.4, -0.2) is 11.7 Å². The number of halogens is 1. The lowest BCUT2D eigenvalue weighted by molar-refractivity contribution is -0.113. The van der Waals surface area contributed by atoms with Gasteiger partial charge in [0, 0.05) is 21.3 Å². The minimum absolute atomic E-state index is 0.172. The molecule has 0 aliphatic carbocycles. The summed E-state index contributed by atoms with van der Waals surface area (Å²) in [4.78, 5) is 12.7. The number of hydrogen-bond acceptors (Lipinski definition) is 4. The van der Waals surface area contributed by atoms with E-state index in [1.54, 1.807) is 42.5 Å². The number of carbonyl (C=O) groups is 1. The predicted molar refractivity (Wildman–Crippen MR) is 86.4 cm³/mol. The summed E-state index contributed by atoms with van der Waals surface area (Å²) in [7, 11) is 0. The molecule has 0 heterocycles. The van der Waals surface area contributed by atoms with Gasteiger partial charge in [0.2, 0.25) is 5.91 Å². The molecule has 0 fully saturated rings. The van der Waals surface area contributed by atoms with Gasteiger partial charge in [-0.25, -0.2) is 0 Å². The van der Waals surface area contributed by atoms with Crippen molar-refractivity contribution in [3.05, 3.63) is 53.1 Å². The van der Waals surface area contributed by atoms with E-state index in [1.807, 2.05) is 6.07 Å². The lowest BCUT2D eigenvalue weighted by Crippen LogP contribution is -2.14. The van der Waals surface area contributed by atoms with Gasteiger partial charge in [0.25, 0.3) is 0 Å². The largest absolute Gasteiger partial charge is 0.398 e. The van der Waals surface area contributed by atoms with E-state index in [9.17, 15) is 4.79 Å². The maximum absolute atomic E-state index is 11.9. The number of rotatable bonds is 4. The lowest BCUT2D eigenvalue weighted by Gasteiger charge is -2.07. The van der Waals surface area contributed by atoms with Crippen LogP contribution in [0, 0.1) is 11.3 Å². The van der Waals surface area contributed by atoms with E-state index in [4.69, 9.17) is 22.6 Å². The second kappa shape index (κ2) is 7.02. The molecule has 2 rings (SSSR count). The Morgan fingerprint density at radius 2 is 2.14 bits per heavy atom. The van der Waals surface area contributed by atoms with Crippen LogP contribution in [0.15, 0.2) is 47.4 Å². The smallest absolute Gasteiger partial charge is 0.234 e. The summed E-state index contributed by atoms with van der Waals surface area (Å²) in [5, 5.41) is 12.1. The van der Waals surface area contributed by atoms with Crippen molar-refractivity contribution in [2.24, 2.45) is 0 Å². The number of nitrogens with two attached hydrogens (primary N) is 1. The number of amides is 1. The highest BCUT2D eigenvalue weighted by Crippen LogP contribution is 2.28. The maximum Gasteiger partial charge on any atom is 0.234 e. The summed E-state index contributed by atoms with van der Waals surface area (Å²) in [6.45, 7) is 0. The SMILES string of the molecule is N#Cc1cccc(NC(=O)CSc2cc(Cl)ccc2N)c1. The first-order valence-corrected chi connectivity index (χ1v) is 7.42. The fraction of sp³-hybridized carbons (Fsp3) is 0.0667. The van der Waals surface area contributed by atoms with E-state index >= 15 is 0 Å². The fourth-order valence-electron chi connectivity index (χ4n) is 1.64. The third-order valence-electron chi connectivity index (χ3n) is 2.61. The van der Waals surface area contributed by atoms with Crippen LogP contribution in [0.5, 0.6) is 0 Å². The van der Waals surface area contributed by atoms with Crippen molar-refractivity contribution in [2.45, 2.75) is 4.90 Å². The third kappa shape index (κ3) is 4.42. The fourth-order valence-corrected chi connectivity index (χ4v) is 2.68. The maximum atomic E-state index is 11.9. The lowest BCUT2D eigenvalue weighted by atomic mass is 10.2. The van der Waals surface area contributed by atoms with Crippen molar-refractivity contribution in [2.75, 3.05) is 16.8 Å². The summed E-state index contributed by atoms with van der Waals surface area (Å²) in [5.41, 5.74) is 7.50. The standard InChI is InChI=1S/C15H12ClN3OS/c16-11-4-5-13(18)14(7-11)21-9-15(20)19-12-3-1-2-10(6-12)8-17/h1-7H,9,18H2,(H,19,20). The Morgan fingerprint density at radius 3 is 2.90 bits per heavy atom. The number of anilines is 2. The van der Waals surface area contributed by atoms with Crippen molar-refractivity contribution >= 4 is 40.6 Å². The third-order valence-corrected chi connectivity index (χ3v) is 3.92. The molecule has 6 heteroatoms. The van der Waals surface area contributed by atoms with E-state index in [0.717, 1.165) is 4.90 Å². The minimum Gasteiger partial charge on any atom is -0.398 e. The summed E-state index contributed by atoms with van der Waals surface area (Å²) < 4.78 is 0. The zero-order valence-electron chi connectivity index (χ0n) is 11.0. The van der Waals surface area contributed by atoms with Gasteiger partial charge in [-0.3, -0.25) is 4.79 Å². The monoisotopic (exact) mass is 317 g/mol. The minimum atomic E-state index is -0.172. The van der Waals surface area contributed by atoms with Gasteiger partial charge in [-0.1, -0.05) is 17.7 Å². The van der Waals surface area contributed by atoms with E-state index in [0.29, 0.717) is 22.0 Å². The molecule has 0 aliphatic heterocycles. The Bertz CT molecular complexity index is 712. The van der Waals surface area contributed by atoms with Gasteiger partial charge < -0.3 is 11.1 Å². The Morgan fingerprint density at radius 1 is 1.33 bits per heavy atom. The van der Waals surface area contributed by atoms with Gasteiger partial charge in [0.05, 0.1) is 17.4 Å². The van der Waals surface area contributed by atoms with Crippen LogP contribution in [0.3, 0.4) is 0 Å². The number of thioether (sulfide) groups is 1. The molecule has 0 aliphatic rings. The molecule has 106 valence electrons. The molecule has 2 aromatic carbocycles. The summed E-state index contributed by atoms with van der Waals surface area (Å²) in [6.07, 6.45) is 0. The van der Waals surface area contributed by atoms with Crippen molar-refractivity contribution in [3.63, 3.8) is 0 Å². The van der Waals surface area contributed by atoms with Crippen LogP contribution in [-0.2, 0) is 4.79 Å². The average molecular weight is 318 g/mol. The molecule has 0 atom stereocenters. The first-order valence-electron chi connectivity index (χ1n) is 6.06. The summed E-state index contributed by atoms with van der Waals surface area (Å²) in [6, 6.07) is 13.9. The summed E-state index contributed by atoms with van der Waals surface area (Å²) in [5.74, 6) is 0.0379. The van der Waals surface area contributed by atoms with Crippen LogP contribution in [0.2, 0.25) is 5.02 Å². The molecule has 3 N–H and O–H groups in total. The highest BCUT2D eigenvalue weighted by atomic mass is 35.5. The van der Waals surface area contributed by atoms with Crippen molar-refractivity contribution < 1.29 is 4.79 Å². The van der Waals surface area contributed by atoms with E-state index in [-0.39, 0.29) is 11.7 Å². The average Bonchev–Trinajstić information content (AvgIpc) is 2.48. The van der Waals surface area contributed by atoms with Gasteiger partial charge >= 0.3 is 0 Å². The first kappa shape index (κ1) is 15.2. The van der Waals surface area contributed by atoms with Crippen LogP contribution in [0.4, 0.5) is 11.4 Å². The zero-order chi connectivity index (χ0) is 15.2. The van der Waals surface area contributed by atoms with Crippen molar-refractivity contribution in [1.29, 1.82) is 5.26 Å². The molecule has 21 heavy (non-hydrogen) atoms. The second-order valence-corrected chi connectivity index (χ2v) is 5.67. The van der Waals surface area contributed by atoms with E-state index in [2.05, 4.69) is 5.32 Å². The normalized spacial score (nSPS) is 9.90. The molecular weight excluding hydrogens is 306 g/mol. The number of nitrogens with one attached hydrogen (secondary N) is 1. The van der Waals surface area contributed by atoms with Gasteiger partial charge in [-0.15, -0.1) is 11.8 Å². The van der Waals surface area contributed by atoms with Gasteiger partial charge in [-0.05, 0) is 36.4 Å². The molecule has 0 bridgehead atoms. The molecule has 0 spiro atoms. The number of carbonyl (C=O) groups excluding carboxylic acids is 1. The number of hydrogen-bond donors (Lipinski definition) is 2. The molecule has 4 nitrogen and oxygen atoms in total. The molecule has 0 aromatic heterocycles. The Kier molecular flexibility index (Phi) is 5.09. The highest BCUT2D eigenvalue weighted by Gasteiger charge is 2.07. The number of nitrogen functional groups attached to an aromatic ring is 1. The number of nitriles is 1. The molecule has 0 saturated carbocycles. The molecular formula is C15H12ClN3OS. The molecule has 0 saturated heterocycles. The van der Waals surface area contributed by atoms with Crippen LogP contribution in [0.1, 0.15) is 5.56 Å². The molecule has 0 radical (unpaired) electrons. The van der Waals surface area contributed by atoms with Crippen LogP contribution >= 0.6 is 23.4 Å². The highest BCUT2D eigenvalue weighted by molar-refractivity contribution is 8.00. The van der Waals surface area contributed by atoms with Crippen LogP contribution < -0.4 is 11.1 Å². The van der Waals surface area contributed by atoms with Gasteiger partial charge in [-0.2, -0.15) is 5.26 Å². The molecule has 1 amide bonds. The number of benzene rings is 2. The topological polar surface area (TPSA) is 78.9 Å². The molecule has 0 unspecified atom stereocenters. The Hall–Kier alpha value is -2.16. The Labute approximate surface area is 131 Å². The predicted octanol–water partition coefficient (Wildman–Crippen LogP) is 3.52. The molecule has 2 aromatic rings. The summed E-state index contributed by atoms with van der Waals surface area (Å²) >= 11 is 7.21. The van der Waals surface area contributed by atoms with Crippen LogP contribution in [0.25, 0.3) is 0 Å². The Balaban J connectivity index is 1.96. The van der Waals surface area contributed by atoms with E-state index < -0.39 is 0 Å². The van der Waals surface area contributed by atoms with Gasteiger partial charge in [0.1, 0.15) is 0 Å². The number of nitrogens with zero attached hydrogens (tertiary/aromatic N) is 1. The van der Waals surface area contributed by atoms with Gasteiger partial charge in [0.15, 0.2) is 0 Å². The zero-order valence-corrected chi connectivity index (χ0v) is 12.5. The van der Waals surface area contributed by atoms with Crippen molar-refractivity contribution in [3.8, 4) is 6.07 Å². The first-order chi connectivity index (χ1) is 10.1. The quantitative estimate of drug-likeness (QED) is 0.668. The van der Waals surface area contributed by atoms with Crippen molar-refractivity contribution in [1.82, 2.24) is 0 Å².